The number of hydrogen-bond donors (Lipinski definition) is 1. The first-order valence-corrected chi connectivity index (χ1v) is 8.06. The van der Waals surface area contributed by atoms with E-state index in [-0.39, 0.29) is 15.5 Å². The highest BCUT2D eigenvalue weighted by Crippen LogP contribution is 2.25. The Hall–Kier alpha value is -1.86. The Morgan fingerprint density at radius 3 is 2.60 bits per heavy atom. The SMILES string of the molecule is COC(=O)c1c(C)cccc1NS(=O)(=O)c1cccs1. The van der Waals surface area contributed by atoms with Gasteiger partial charge in [-0.25, -0.2) is 13.2 Å². The number of hydrogen-bond acceptors (Lipinski definition) is 5. The lowest BCUT2D eigenvalue weighted by Crippen LogP contribution is -2.16. The zero-order valence-electron chi connectivity index (χ0n) is 10.9. The zero-order valence-corrected chi connectivity index (χ0v) is 12.5. The number of anilines is 1. The van der Waals surface area contributed by atoms with Gasteiger partial charge < -0.3 is 4.74 Å². The van der Waals surface area contributed by atoms with Gasteiger partial charge in [0, 0.05) is 0 Å². The topological polar surface area (TPSA) is 72.5 Å². The van der Waals surface area contributed by atoms with Crippen LogP contribution < -0.4 is 4.72 Å². The molecule has 2 rings (SSSR count). The molecular weight excluding hydrogens is 298 g/mol. The molecule has 1 heterocycles. The number of esters is 1. The van der Waals surface area contributed by atoms with Gasteiger partial charge in [0.05, 0.1) is 18.4 Å². The molecule has 0 saturated carbocycles. The molecule has 0 amide bonds. The summed E-state index contributed by atoms with van der Waals surface area (Å²) in [5.74, 6) is -0.577. The largest absolute Gasteiger partial charge is 0.465 e. The van der Waals surface area contributed by atoms with Crippen LogP contribution in [0.3, 0.4) is 0 Å². The Bertz CT molecular complexity index is 721. The van der Waals surface area contributed by atoms with Crippen LogP contribution in [0.2, 0.25) is 0 Å². The minimum absolute atomic E-state index is 0.190. The fourth-order valence-corrected chi connectivity index (χ4v) is 3.80. The van der Waals surface area contributed by atoms with E-state index in [2.05, 4.69) is 4.72 Å². The summed E-state index contributed by atoms with van der Waals surface area (Å²) in [5, 5.41) is 1.67. The van der Waals surface area contributed by atoms with Crippen molar-refractivity contribution in [3.8, 4) is 0 Å². The second-order valence-electron chi connectivity index (χ2n) is 4.03. The molecule has 1 N–H and O–H groups in total. The summed E-state index contributed by atoms with van der Waals surface area (Å²) < 4.78 is 31.7. The fourth-order valence-electron chi connectivity index (χ4n) is 1.74. The molecule has 1 aromatic heterocycles. The van der Waals surface area contributed by atoms with Crippen molar-refractivity contribution in [2.24, 2.45) is 0 Å². The van der Waals surface area contributed by atoms with Crippen LogP contribution in [0.15, 0.2) is 39.9 Å². The van der Waals surface area contributed by atoms with E-state index in [4.69, 9.17) is 4.74 Å². The van der Waals surface area contributed by atoms with E-state index >= 15 is 0 Å². The summed E-state index contributed by atoms with van der Waals surface area (Å²) in [6, 6.07) is 8.07. The Balaban J connectivity index is 2.45. The second kappa shape index (κ2) is 5.64. The average Bonchev–Trinajstić information content (AvgIpc) is 2.92. The Morgan fingerprint density at radius 2 is 2.00 bits per heavy atom. The first-order chi connectivity index (χ1) is 9.45. The van der Waals surface area contributed by atoms with Crippen molar-refractivity contribution in [1.29, 1.82) is 0 Å². The van der Waals surface area contributed by atoms with Crippen molar-refractivity contribution in [2.45, 2.75) is 11.1 Å². The van der Waals surface area contributed by atoms with Crippen LogP contribution >= 0.6 is 11.3 Å². The van der Waals surface area contributed by atoms with Gasteiger partial charge in [0.1, 0.15) is 4.21 Å². The minimum Gasteiger partial charge on any atom is -0.465 e. The molecule has 0 bridgehead atoms. The number of rotatable bonds is 4. The van der Waals surface area contributed by atoms with Gasteiger partial charge in [0.15, 0.2) is 0 Å². The minimum atomic E-state index is -3.69. The first kappa shape index (κ1) is 14.5. The van der Waals surface area contributed by atoms with E-state index in [9.17, 15) is 13.2 Å². The summed E-state index contributed by atoms with van der Waals surface area (Å²) in [4.78, 5) is 11.8. The number of aryl methyl sites for hydroxylation is 1. The van der Waals surface area contributed by atoms with E-state index in [1.165, 1.54) is 19.2 Å². The molecule has 0 saturated heterocycles. The maximum Gasteiger partial charge on any atom is 0.340 e. The van der Waals surface area contributed by atoms with Crippen LogP contribution in [-0.2, 0) is 14.8 Å². The van der Waals surface area contributed by atoms with Gasteiger partial charge in [0.2, 0.25) is 0 Å². The summed E-state index contributed by atoms with van der Waals surface area (Å²) in [6.07, 6.45) is 0. The number of methoxy groups -OCH3 is 1. The number of ether oxygens (including phenoxy) is 1. The molecule has 0 aliphatic carbocycles. The van der Waals surface area contributed by atoms with Gasteiger partial charge in [0.25, 0.3) is 10.0 Å². The van der Waals surface area contributed by atoms with E-state index in [1.54, 1.807) is 30.5 Å². The van der Waals surface area contributed by atoms with Crippen LogP contribution in [0, 0.1) is 6.92 Å². The molecular formula is C13H13NO4S2. The number of carbonyl (C=O) groups excluding carboxylic acids is 1. The van der Waals surface area contributed by atoms with Crippen LogP contribution in [0.25, 0.3) is 0 Å². The van der Waals surface area contributed by atoms with Crippen molar-refractivity contribution in [3.63, 3.8) is 0 Å². The van der Waals surface area contributed by atoms with E-state index < -0.39 is 16.0 Å². The third kappa shape index (κ3) is 2.83. The lowest BCUT2D eigenvalue weighted by atomic mass is 10.1. The Labute approximate surface area is 121 Å². The van der Waals surface area contributed by atoms with E-state index in [0.29, 0.717) is 5.56 Å². The standard InChI is InChI=1S/C13H13NO4S2/c1-9-5-3-6-10(12(9)13(15)18-2)14-20(16,17)11-7-4-8-19-11/h3-8,14H,1-2H3. The first-order valence-electron chi connectivity index (χ1n) is 5.70. The maximum atomic E-state index is 12.2. The molecule has 20 heavy (non-hydrogen) atoms. The Morgan fingerprint density at radius 1 is 1.25 bits per heavy atom. The normalized spacial score (nSPS) is 11.1. The van der Waals surface area contributed by atoms with Gasteiger partial charge in [-0.2, -0.15) is 0 Å². The van der Waals surface area contributed by atoms with Crippen molar-refractivity contribution in [1.82, 2.24) is 0 Å². The molecule has 1 aromatic carbocycles. The average molecular weight is 311 g/mol. The second-order valence-corrected chi connectivity index (χ2v) is 6.88. The summed E-state index contributed by atoms with van der Waals surface area (Å²) >= 11 is 1.11. The molecule has 0 aliphatic rings. The van der Waals surface area contributed by atoms with Gasteiger partial charge in [-0.05, 0) is 30.0 Å². The predicted molar refractivity (Wildman–Crippen MR) is 77.6 cm³/mol. The molecule has 0 aliphatic heterocycles. The van der Waals surface area contributed by atoms with E-state index in [0.717, 1.165) is 11.3 Å². The quantitative estimate of drug-likeness (QED) is 0.881. The third-order valence-corrected chi connectivity index (χ3v) is 5.43. The number of carbonyl (C=O) groups is 1. The maximum absolute atomic E-state index is 12.2. The molecule has 0 unspecified atom stereocenters. The molecule has 0 radical (unpaired) electrons. The molecule has 0 spiro atoms. The number of sulfonamides is 1. The smallest absolute Gasteiger partial charge is 0.340 e. The highest BCUT2D eigenvalue weighted by atomic mass is 32.2. The monoisotopic (exact) mass is 311 g/mol. The fraction of sp³-hybridized carbons (Fsp3) is 0.154. The van der Waals surface area contributed by atoms with Crippen LogP contribution in [0.4, 0.5) is 5.69 Å². The van der Waals surface area contributed by atoms with Crippen molar-refractivity contribution < 1.29 is 17.9 Å². The molecule has 106 valence electrons. The van der Waals surface area contributed by atoms with Gasteiger partial charge >= 0.3 is 5.97 Å². The van der Waals surface area contributed by atoms with Crippen molar-refractivity contribution in [3.05, 3.63) is 46.8 Å². The number of nitrogens with one attached hydrogen (secondary N) is 1. The molecule has 2 aromatic rings. The molecule has 5 nitrogen and oxygen atoms in total. The molecule has 7 heteroatoms. The van der Waals surface area contributed by atoms with Gasteiger partial charge in [-0.15, -0.1) is 11.3 Å². The summed E-state index contributed by atoms with van der Waals surface area (Å²) in [5.41, 5.74) is 1.07. The van der Waals surface area contributed by atoms with Crippen molar-refractivity contribution >= 4 is 33.0 Å². The molecule has 0 fully saturated rings. The zero-order chi connectivity index (χ0) is 14.8. The predicted octanol–water partition coefficient (Wildman–Crippen LogP) is 2.64. The van der Waals surface area contributed by atoms with Gasteiger partial charge in [-0.1, -0.05) is 18.2 Å². The third-order valence-electron chi connectivity index (χ3n) is 2.67. The van der Waals surface area contributed by atoms with E-state index in [1.807, 2.05) is 0 Å². The lowest BCUT2D eigenvalue weighted by Gasteiger charge is -2.12. The van der Waals surface area contributed by atoms with Gasteiger partial charge in [-0.3, -0.25) is 4.72 Å². The van der Waals surface area contributed by atoms with Crippen LogP contribution in [0.1, 0.15) is 15.9 Å². The van der Waals surface area contributed by atoms with Crippen LogP contribution in [-0.4, -0.2) is 21.5 Å². The lowest BCUT2D eigenvalue weighted by molar-refractivity contribution is 0.0601. The van der Waals surface area contributed by atoms with Crippen LogP contribution in [0.5, 0.6) is 0 Å². The summed E-state index contributed by atoms with van der Waals surface area (Å²) in [7, 11) is -2.43. The highest BCUT2D eigenvalue weighted by Gasteiger charge is 2.21. The molecule has 0 atom stereocenters. The number of thiophene rings is 1. The Kier molecular flexibility index (Phi) is 4.10. The summed E-state index contributed by atoms with van der Waals surface area (Å²) in [6.45, 7) is 1.72. The van der Waals surface area contributed by atoms with Crippen molar-refractivity contribution in [2.75, 3.05) is 11.8 Å². The number of benzene rings is 1. The highest BCUT2D eigenvalue weighted by molar-refractivity contribution is 7.94.